The van der Waals surface area contributed by atoms with Gasteiger partial charge in [-0.05, 0) is 30.7 Å². The summed E-state index contributed by atoms with van der Waals surface area (Å²) < 4.78 is 0. The first-order valence-electron chi connectivity index (χ1n) is 4.94. The summed E-state index contributed by atoms with van der Waals surface area (Å²) in [5, 5.41) is 28.5. The van der Waals surface area contributed by atoms with Crippen molar-refractivity contribution in [2.24, 2.45) is 5.73 Å². The Morgan fingerprint density at radius 1 is 1.38 bits per heavy atom. The van der Waals surface area contributed by atoms with Crippen molar-refractivity contribution in [3.8, 4) is 5.75 Å². The minimum Gasteiger partial charge on any atom is -0.508 e. The predicted octanol–water partition coefficient (Wildman–Crippen LogP) is -0.0522. The molecule has 0 heterocycles. The van der Waals surface area contributed by atoms with Gasteiger partial charge in [-0.15, -0.1) is 0 Å². The monoisotopic (exact) mass is 225 g/mol. The maximum Gasteiger partial charge on any atom is 0.150 e. The summed E-state index contributed by atoms with van der Waals surface area (Å²) in [5.74, 6) is -0.0636. The van der Waals surface area contributed by atoms with E-state index in [9.17, 15) is 15.0 Å². The first-order valence-corrected chi connectivity index (χ1v) is 4.94. The van der Waals surface area contributed by atoms with Crippen molar-refractivity contribution in [2.75, 3.05) is 6.54 Å². The zero-order valence-electron chi connectivity index (χ0n) is 8.71. The van der Waals surface area contributed by atoms with E-state index in [-0.39, 0.29) is 29.8 Å². The number of aldehydes is 1. The lowest BCUT2D eigenvalue weighted by molar-refractivity contribution is 0.0147. The molecule has 0 fully saturated rings. The van der Waals surface area contributed by atoms with E-state index in [1.165, 1.54) is 18.2 Å². The second kappa shape index (κ2) is 5.60. The van der Waals surface area contributed by atoms with Crippen molar-refractivity contribution in [1.29, 1.82) is 0 Å². The van der Waals surface area contributed by atoms with Crippen LogP contribution >= 0.6 is 0 Å². The van der Waals surface area contributed by atoms with Crippen molar-refractivity contribution >= 4 is 6.29 Å². The number of hydrogen-bond donors (Lipinski definition) is 4. The van der Waals surface area contributed by atoms with E-state index >= 15 is 0 Å². The van der Waals surface area contributed by atoms with Gasteiger partial charge in [-0.3, -0.25) is 4.79 Å². The molecule has 5 nitrogen and oxygen atoms in total. The second-order valence-corrected chi connectivity index (χ2v) is 3.52. The lowest BCUT2D eigenvalue weighted by Gasteiger charge is -2.18. The van der Waals surface area contributed by atoms with Crippen LogP contribution in [0.3, 0.4) is 0 Å². The van der Waals surface area contributed by atoms with Gasteiger partial charge in [0.1, 0.15) is 11.9 Å². The molecule has 0 aliphatic rings. The van der Waals surface area contributed by atoms with Crippen molar-refractivity contribution in [2.45, 2.75) is 18.6 Å². The number of carbonyl (C=O) groups is 1. The number of aromatic hydroxyl groups is 1. The highest BCUT2D eigenvalue weighted by Gasteiger charge is 2.20. The fraction of sp³-hybridized carbons (Fsp3) is 0.364. The van der Waals surface area contributed by atoms with Crippen LogP contribution in [0.15, 0.2) is 18.2 Å². The zero-order chi connectivity index (χ0) is 12.1. The zero-order valence-corrected chi connectivity index (χ0v) is 8.71. The van der Waals surface area contributed by atoms with E-state index in [1.807, 2.05) is 0 Å². The van der Waals surface area contributed by atoms with Gasteiger partial charge >= 0.3 is 0 Å². The van der Waals surface area contributed by atoms with Gasteiger partial charge in [-0.2, -0.15) is 0 Å². The Bertz CT molecular complexity index is 367. The van der Waals surface area contributed by atoms with Crippen molar-refractivity contribution in [1.82, 2.24) is 0 Å². The van der Waals surface area contributed by atoms with E-state index in [1.54, 1.807) is 0 Å². The summed E-state index contributed by atoms with van der Waals surface area (Å²) in [7, 11) is 0. The number of benzene rings is 1. The molecule has 2 atom stereocenters. The van der Waals surface area contributed by atoms with Gasteiger partial charge in [-0.25, -0.2) is 0 Å². The topological polar surface area (TPSA) is 104 Å². The van der Waals surface area contributed by atoms with Crippen LogP contribution in [-0.4, -0.2) is 34.3 Å². The van der Waals surface area contributed by atoms with Crippen molar-refractivity contribution in [3.63, 3.8) is 0 Å². The number of carbonyl (C=O) groups excluding carboxylic acids is 1. The quantitative estimate of drug-likeness (QED) is 0.526. The molecule has 0 saturated carbocycles. The molecule has 1 rings (SSSR count). The van der Waals surface area contributed by atoms with Crippen LogP contribution in [0.5, 0.6) is 5.75 Å². The van der Waals surface area contributed by atoms with Crippen LogP contribution < -0.4 is 5.73 Å². The molecular weight excluding hydrogens is 210 g/mol. The number of aliphatic hydroxyl groups is 2. The van der Waals surface area contributed by atoms with Gasteiger partial charge in [-0.1, -0.05) is 6.07 Å². The van der Waals surface area contributed by atoms with Crippen LogP contribution in [0.1, 0.15) is 28.4 Å². The van der Waals surface area contributed by atoms with Gasteiger partial charge in [0, 0.05) is 5.56 Å². The van der Waals surface area contributed by atoms with Crippen LogP contribution in [-0.2, 0) is 0 Å². The average molecular weight is 225 g/mol. The SMILES string of the molecule is NCCC(O)C(O)c1ccc(O)cc1C=O. The molecule has 0 aliphatic carbocycles. The standard InChI is InChI=1S/C11H15NO4/c12-4-3-10(15)11(16)9-2-1-8(14)5-7(9)6-13/h1-2,5-6,10-11,14-16H,3-4,12H2. The summed E-state index contributed by atoms with van der Waals surface area (Å²) in [6.07, 6.45) is -1.44. The molecule has 0 aromatic heterocycles. The molecule has 0 saturated heterocycles. The Hall–Kier alpha value is -1.43. The molecular formula is C11H15NO4. The maximum absolute atomic E-state index is 10.7. The molecule has 88 valence electrons. The van der Waals surface area contributed by atoms with Crippen LogP contribution in [0, 0.1) is 0 Å². The first kappa shape index (κ1) is 12.6. The number of nitrogens with two attached hydrogens (primary N) is 1. The predicted molar refractivity (Wildman–Crippen MR) is 58.1 cm³/mol. The normalized spacial score (nSPS) is 14.4. The molecule has 2 unspecified atom stereocenters. The third-order valence-electron chi connectivity index (χ3n) is 2.34. The van der Waals surface area contributed by atoms with Crippen molar-refractivity contribution < 1.29 is 20.1 Å². The summed E-state index contributed by atoms with van der Waals surface area (Å²) in [4.78, 5) is 10.7. The van der Waals surface area contributed by atoms with Crippen LogP contribution in [0.25, 0.3) is 0 Å². The lowest BCUT2D eigenvalue weighted by atomic mass is 9.97. The summed E-state index contributed by atoms with van der Waals surface area (Å²) in [5.41, 5.74) is 5.70. The second-order valence-electron chi connectivity index (χ2n) is 3.52. The highest BCUT2D eigenvalue weighted by molar-refractivity contribution is 5.78. The summed E-state index contributed by atoms with van der Waals surface area (Å²) >= 11 is 0. The van der Waals surface area contributed by atoms with Gasteiger partial charge < -0.3 is 21.1 Å². The van der Waals surface area contributed by atoms with Gasteiger partial charge in [0.25, 0.3) is 0 Å². The molecule has 1 aromatic carbocycles. The Morgan fingerprint density at radius 3 is 2.62 bits per heavy atom. The highest BCUT2D eigenvalue weighted by atomic mass is 16.3. The van der Waals surface area contributed by atoms with Gasteiger partial charge in [0.15, 0.2) is 6.29 Å². The van der Waals surface area contributed by atoms with E-state index < -0.39 is 12.2 Å². The Balaban J connectivity index is 2.98. The fourth-order valence-electron chi connectivity index (χ4n) is 1.47. The molecule has 5 heteroatoms. The minimum absolute atomic E-state index is 0.0636. The Labute approximate surface area is 93.1 Å². The molecule has 0 aliphatic heterocycles. The average Bonchev–Trinajstić information content (AvgIpc) is 2.28. The number of hydrogen-bond acceptors (Lipinski definition) is 5. The molecule has 0 spiro atoms. The lowest BCUT2D eigenvalue weighted by Crippen LogP contribution is -2.22. The molecule has 0 amide bonds. The summed E-state index contributed by atoms with van der Waals surface area (Å²) in [6, 6.07) is 3.99. The van der Waals surface area contributed by atoms with Gasteiger partial charge in [0.05, 0.1) is 6.10 Å². The molecule has 0 radical (unpaired) electrons. The smallest absolute Gasteiger partial charge is 0.150 e. The van der Waals surface area contributed by atoms with E-state index in [2.05, 4.69) is 0 Å². The number of rotatable bonds is 5. The number of phenols is 1. The van der Waals surface area contributed by atoms with Crippen LogP contribution in [0.4, 0.5) is 0 Å². The molecule has 0 bridgehead atoms. The molecule has 1 aromatic rings. The third kappa shape index (κ3) is 2.79. The van der Waals surface area contributed by atoms with E-state index in [0.29, 0.717) is 6.29 Å². The van der Waals surface area contributed by atoms with Crippen molar-refractivity contribution in [3.05, 3.63) is 29.3 Å². The summed E-state index contributed by atoms with van der Waals surface area (Å²) in [6.45, 7) is 0.243. The Morgan fingerprint density at radius 2 is 2.06 bits per heavy atom. The van der Waals surface area contributed by atoms with E-state index in [0.717, 1.165) is 0 Å². The third-order valence-corrected chi connectivity index (χ3v) is 2.34. The first-order chi connectivity index (χ1) is 7.60. The largest absolute Gasteiger partial charge is 0.508 e. The Kier molecular flexibility index (Phi) is 4.42. The fourth-order valence-corrected chi connectivity index (χ4v) is 1.47. The number of phenolic OH excluding ortho intramolecular Hbond substituents is 1. The number of aliphatic hydroxyl groups excluding tert-OH is 2. The van der Waals surface area contributed by atoms with Gasteiger partial charge in [0.2, 0.25) is 0 Å². The molecule has 5 N–H and O–H groups in total. The molecule has 16 heavy (non-hydrogen) atoms. The van der Waals surface area contributed by atoms with Crippen LogP contribution in [0.2, 0.25) is 0 Å². The highest BCUT2D eigenvalue weighted by Crippen LogP contribution is 2.24. The maximum atomic E-state index is 10.7. The van der Waals surface area contributed by atoms with E-state index in [4.69, 9.17) is 10.8 Å². The minimum atomic E-state index is -1.18.